The number of β-amino-alcohol motifs (C(OH)–C–C–N with tert-alkyl or cyclic N) is 1. The van der Waals surface area contributed by atoms with Gasteiger partial charge in [-0.1, -0.05) is 83.1 Å². The molecule has 0 aliphatic carbocycles. The van der Waals surface area contributed by atoms with E-state index < -0.39 is 59.3 Å². The van der Waals surface area contributed by atoms with E-state index in [1.807, 2.05) is 48.8 Å². The normalized spacial score (nSPS) is 26.7. The van der Waals surface area contributed by atoms with Crippen molar-refractivity contribution < 1.29 is 53.4 Å². The number of primary amides is 1. The number of nitrogens with one attached hydrogen (secondary N) is 2. The van der Waals surface area contributed by atoms with Crippen molar-refractivity contribution in [3.8, 4) is 22.6 Å². The number of aromatic hydroxyl groups is 1. The second kappa shape index (κ2) is 18.7. The molecule has 7 rings (SSSR count). The van der Waals surface area contributed by atoms with Gasteiger partial charge in [-0.05, 0) is 77.7 Å². The summed E-state index contributed by atoms with van der Waals surface area (Å²) in [6, 6.07) is 21.4. The Morgan fingerprint density at radius 3 is 2.54 bits per heavy atom. The number of aromatic amines is 1. The number of aldehydes is 1. The van der Waals surface area contributed by atoms with Gasteiger partial charge in [-0.3, -0.25) is 14.4 Å². The van der Waals surface area contributed by atoms with E-state index in [2.05, 4.69) is 29.4 Å². The van der Waals surface area contributed by atoms with Gasteiger partial charge < -0.3 is 55.1 Å². The van der Waals surface area contributed by atoms with E-state index in [1.54, 1.807) is 0 Å². The Labute approximate surface area is 357 Å². The highest BCUT2D eigenvalue weighted by atomic mass is 33.1. The SMILES string of the molecule is CC(CC=Cc1ccccc1)C1CNCC2(O)C(Oc3ccc4c(=O)c(-c5ccc(O)cc5)c(C(N)=O)oc4c3)OC(C(=O)O)C(O)C2(C=O)OCSSCC1c1cc[nH]c1. The van der Waals surface area contributed by atoms with Crippen LogP contribution in [0.3, 0.4) is 0 Å². The molecule has 3 aromatic carbocycles. The van der Waals surface area contributed by atoms with Crippen LogP contribution in [0.25, 0.3) is 28.2 Å². The first-order valence-corrected chi connectivity index (χ1v) is 21.9. The van der Waals surface area contributed by atoms with Crippen LogP contribution in [0.2, 0.25) is 0 Å². The number of aliphatic carboxylic acids is 1. The molecular formula is C44H45N3O12S2. The summed E-state index contributed by atoms with van der Waals surface area (Å²) in [5, 5.41) is 47.7. The highest BCUT2D eigenvalue weighted by molar-refractivity contribution is 8.76. The number of benzene rings is 3. The number of phenolic OH excluding ortho intramolecular Hbond substituents is 1. The minimum absolute atomic E-state index is 0.00561. The molecule has 2 aliphatic rings. The molecule has 8 unspecified atom stereocenters. The molecule has 17 heteroatoms. The number of nitrogens with two attached hydrogens (primary N) is 1. The molecular weight excluding hydrogens is 827 g/mol. The van der Waals surface area contributed by atoms with E-state index >= 15 is 0 Å². The zero-order valence-electron chi connectivity index (χ0n) is 32.8. The van der Waals surface area contributed by atoms with Crippen molar-refractivity contribution >= 4 is 56.8 Å². The highest BCUT2D eigenvalue weighted by Crippen LogP contribution is 2.44. The van der Waals surface area contributed by atoms with Crippen LogP contribution in [0.1, 0.15) is 40.9 Å². The molecule has 15 nitrogen and oxygen atoms in total. The Hall–Kier alpha value is -5.40. The third-order valence-electron chi connectivity index (χ3n) is 11.3. The fraction of sp³-hybridized carbons (Fsp3) is 0.318. The fourth-order valence-corrected chi connectivity index (χ4v) is 10.1. The number of aliphatic hydroxyl groups is 2. The molecule has 4 heterocycles. The maximum absolute atomic E-state index is 13.8. The third kappa shape index (κ3) is 8.86. The predicted molar refractivity (Wildman–Crippen MR) is 230 cm³/mol. The van der Waals surface area contributed by atoms with Gasteiger partial charge >= 0.3 is 5.97 Å². The van der Waals surface area contributed by atoms with E-state index in [9.17, 15) is 39.6 Å². The van der Waals surface area contributed by atoms with Crippen LogP contribution in [0.5, 0.6) is 11.5 Å². The molecule has 2 saturated heterocycles. The molecule has 0 bridgehead atoms. The smallest absolute Gasteiger partial charge is 0.335 e. The zero-order chi connectivity index (χ0) is 43.3. The summed E-state index contributed by atoms with van der Waals surface area (Å²) in [6.45, 7) is 1.96. The molecule has 320 valence electrons. The van der Waals surface area contributed by atoms with E-state index in [1.165, 1.54) is 64.1 Å². The number of carbonyl (C=O) groups is 3. The summed E-state index contributed by atoms with van der Waals surface area (Å²) >= 11 is 0. The predicted octanol–water partition coefficient (Wildman–Crippen LogP) is 4.91. The Balaban J connectivity index is 1.25. The number of allylic oxidation sites excluding steroid dienone is 1. The maximum atomic E-state index is 13.8. The molecule has 2 aromatic heterocycles. The Kier molecular flexibility index (Phi) is 13.4. The first-order chi connectivity index (χ1) is 29.4. The molecule has 8 N–H and O–H groups in total. The number of carboxylic acid groups (broad SMARTS) is 1. The maximum Gasteiger partial charge on any atom is 0.335 e. The Bertz CT molecular complexity index is 2430. The molecule has 2 fully saturated rings. The monoisotopic (exact) mass is 871 g/mol. The lowest BCUT2D eigenvalue weighted by Gasteiger charge is -2.53. The molecule has 2 aliphatic heterocycles. The van der Waals surface area contributed by atoms with Gasteiger partial charge in [0.1, 0.15) is 29.1 Å². The summed E-state index contributed by atoms with van der Waals surface area (Å²) in [5.74, 6) is -2.94. The molecule has 1 amide bonds. The van der Waals surface area contributed by atoms with Crippen molar-refractivity contribution in [2.75, 3.05) is 24.8 Å². The van der Waals surface area contributed by atoms with Gasteiger partial charge in [-0.25, -0.2) is 4.79 Å². The number of aromatic nitrogens is 1. The topological polar surface area (TPSA) is 244 Å². The van der Waals surface area contributed by atoms with Gasteiger partial charge in [0.2, 0.25) is 17.5 Å². The third-order valence-corrected chi connectivity index (χ3v) is 13.4. The lowest BCUT2D eigenvalue weighted by atomic mass is 9.73. The van der Waals surface area contributed by atoms with Gasteiger partial charge in [-0.15, -0.1) is 0 Å². The second-order valence-electron chi connectivity index (χ2n) is 15.1. The lowest BCUT2D eigenvalue weighted by molar-refractivity contribution is -0.340. The minimum Gasteiger partial charge on any atom is -0.508 e. The van der Waals surface area contributed by atoms with Gasteiger partial charge in [-0.2, -0.15) is 0 Å². The van der Waals surface area contributed by atoms with E-state index in [0.29, 0.717) is 18.7 Å². The van der Waals surface area contributed by atoms with Crippen LogP contribution < -0.4 is 21.2 Å². The van der Waals surface area contributed by atoms with Gasteiger partial charge in [0, 0.05) is 30.8 Å². The number of hydrogen-bond acceptors (Lipinski definition) is 14. The Morgan fingerprint density at radius 2 is 1.85 bits per heavy atom. The van der Waals surface area contributed by atoms with Crippen molar-refractivity contribution in [3.05, 3.63) is 124 Å². The zero-order valence-corrected chi connectivity index (χ0v) is 34.5. The number of H-pyrrole nitrogens is 1. The average Bonchev–Trinajstić information content (AvgIpc) is 3.78. The summed E-state index contributed by atoms with van der Waals surface area (Å²) in [6.07, 6.45) is 2.62. The molecule has 0 saturated carbocycles. The van der Waals surface area contributed by atoms with Crippen LogP contribution >= 0.6 is 21.6 Å². The van der Waals surface area contributed by atoms with Crippen molar-refractivity contribution in [2.45, 2.75) is 49.0 Å². The summed E-state index contributed by atoms with van der Waals surface area (Å²) in [5.41, 5.74) is 1.94. The number of ether oxygens (including phenoxy) is 3. The number of amides is 1. The number of phenols is 1. The van der Waals surface area contributed by atoms with E-state index in [0.717, 1.165) is 11.1 Å². The number of carbonyl (C=O) groups excluding carboxylic acids is 2. The first-order valence-electron chi connectivity index (χ1n) is 19.4. The largest absolute Gasteiger partial charge is 0.508 e. The number of aliphatic hydroxyl groups excluding tert-OH is 1. The quantitative estimate of drug-likeness (QED) is 0.0689. The molecule has 0 spiro atoms. The number of carboxylic acids is 1. The van der Waals surface area contributed by atoms with Crippen molar-refractivity contribution in [3.63, 3.8) is 0 Å². The van der Waals surface area contributed by atoms with Gasteiger partial charge in [0.15, 0.2) is 23.6 Å². The highest BCUT2D eigenvalue weighted by Gasteiger charge is 2.69. The molecule has 5 aromatic rings. The van der Waals surface area contributed by atoms with Crippen molar-refractivity contribution in [1.29, 1.82) is 0 Å². The van der Waals surface area contributed by atoms with Crippen LogP contribution in [-0.2, 0) is 19.1 Å². The van der Waals surface area contributed by atoms with Crippen LogP contribution in [-0.4, -0.2) is 98.1 Å². The summed E-state index contributed by atoms with van der Waals surface area (Å²) < 4.78 is 23.9. The number of hydrogen-bond donors (Lipinski definition) is 7. The Morgan fingerprint density at radius 1 is 1.08 bits per heavy atom. The number of fused-ring (bicyclic) bond motifs is 2. The lowest BCUT2D eigenvalue weighted by Crippen LogP contribution is -2.80. The van der Waals surface area contributed by atoms with E-state index in [-0.39, 0.29) is 63.6 Å². The average molecular weight is 872 g/mol. The fourth-order valence-electron chi connectivity index (χ4n) is 8.01. The van der Waals surface area contributed by atoms with Crippen LogP contribution in [0.15, 0.2) is 107 Å². The number of rotatable bonds is 11. The van der Waals surface area contributed by atoms with Gasteiger partial charge in [0.25, 0.3) is 5.91 Å². The van der Waals surface area contributed by atoms with Crippen LogP contribution in [0, 0.1) is 11.8 Å². The minimum atomic E-state index is -2.60. The van der Waals surface area contributed by atoms with Crippen molar-refractivity contribution in [1.82, 2.24) is 10.3 Å². The van der Waals surface area contributed by atoms with Crippen LogP contribution in [0.4, 0.5) is 0 Å². The second-order valence-corrected chi connectivity index (χ2v) is 17.5. The molecule has 0 radical (unpaired) electrons. The molecule has 8 atom stereocenters. The summed E-state index contributed by atoms with van der Waals surface area (Å²) in [7, 11) is 2.71. The van der Waals surface area contributed by atoms with Crippen molar-refractivity contribution in [2.24, 2.45) is 17.6 Å². The van der Waals surface area contributed by atoms with Gasteiger partial charge in [0.05, 0.1) is 10.9 Å². The van der Waals surface area contributed by atoms with E-state index in [4.69, 9.17) is 24.4 Å². The summed E-state index contributed by atoms with van der Waals surface area (Å²) in [4.78, 5) is 55.4. The standard InChI is InChI=1S/C44H45N3O12S2/c1-25(6-5-9-26-7-3-2-4-8-26)32-20-47-22-43(55)42(59-38(41(53)54)39(51)44(43,23-48)56-24-61-60-21-33(32)28-16-17-46-19-28)57-30-14-15-31-34(18-30)58-37(40(45)52)35(36(31)50)27-10-12-29(49)13-11-27/h2-5,7-19,23,25,32-33,38-39,42,46-47,49,51,55H,6,20-22,24H2,1H3,(H2,45,52)(H,53,54). The first kappa shape index (κ1) is 43.7. The molecule has 61 heavy (non-hydrogen) atoms.